The quantitative estimate of drug-likeness (QED) is 0.102. The lowest BCUT2D eigenvalue weighted by molar-refractivity contribution is 0.660. The van der Waals surface area contributed by atoms with E-state index in [9.17, 15) is 0 Å². The van der Waals surface area contributed by atoms with Gasteiger partial charge in [0.25, 0.3) is 0 Å². The Hall–Kier alpha value is -18.5. The van der Waals surface area contributed by atoms with Gasteiger partial charge in [-0.25, -0.2) is 49.8 Å². The van der Waals surface area contributed by atoms with Crippen molar-refractivity contribution in [3.8, 4) is 192 Å². The summed E-state index contributed by atoms with van der Waals surface area (Å²) in [7, 11) is 0. The molecule has 0 saturated carbocycles. The summed E-state index contributed by atoms with van der Waals surface area (Å²) < 4.78 is 13.0. The van der Waals surface area contributed by atoms with Crippen LogP contribution >= 0.6 is 0 Å². The maximum Gasteiger partial charge on any atom is 0.164 e. The highest BCUT2D eigenvalue weighted by Gasteiger charge is 2.39. The molecule has 6 aromatic heterocycles. The van der Waals surface area contributed by atoms with Crippen LogP contribution in [-0.4, -0.2) is 49.8 Å². The molecule has 3 aliphatic carbocycles. The highest BCUT2D eigenvalue weighted by Crippen LogP contribution is 2.54. The van der Waals surface area contributed by atoms with Crippen LogP contribution < -0.4 is 0 Å². The van der Waals surface area contributed by atoms with Gasteiger partial charge in [-0.2, -0.15) is 0 Å². The van der Waals surface area contributed by atoms with Crippen LogP contribution in [0.4, 0.5) is 0 Å². The number of fused-ring (bicyclic) bond motifs is 17. The molecule has 0 amide bonds. The van der Waals surface area contributed by atoms with Gasteiger partial charge >= 0.3 is 0 Å². The molecule has 25 aromatic rings. The number of aromatic nitrogens is 10. The second-order valence-electron chi connectivity index (χ2n) is 39.8. The minimum Gasteiger partial charge on any atom is -0.456 e. The summed E-state index contributed by atoms with van der Waals surface area (Å²) in [5.41, 5.74) is 37.0. The normalized spacial score (nSPS) is 13.2. The average Bonchev–Trinajstić information content (AvgIpc) is 1.58. The molecule has 0 unspecified atom stereocenters. The van der Waals surface area contributed by atoms with E-state index in [4.69, 9.17) is 58.7 Å². The van der Waals surface area contributed by atoms with Crippen LogP contribution in [0.25, 0.3) is 257 Å². The van der Waals surface area contributed by atoms with Gasteiger partial charge in [0.05, 0.1) is 22.8 Å². The Balaban J connectivity index is 0.000000145. The topological polar surface area (TPSA) is 155 Å². The lowest BCUT2D eigenvalue weighted by Crippen LogP contribution is -2.15. The Bertz CT molecular complexity index is 9510. The van der Waals surface area contributed by atoms with Gasteiger partial charge < -0.3 is 8.83 Å². The molecule has 19 aromatic carbocycles. The predicted molar refractivity (Wildman–Crippen MR) is 589 cm³/mol. The maximum atomic E-state index is 6.53. The summed E-state index contributed by atoms with van der Waals surface area (Å²) in [5, 5.41) is 9.02. The zero-order valence-corrected chi connectivity index (χ0v) is 80.4. The van der Waals surface area contributed by atoms with E-state index < -0.39 is 0 Å². The SMILES string of the molecule is CC1(C)c2ccccc2-c2cc(-c3nc(-c4ccccc4)nc(-c4cccc(-c5cccc(-c6cc(-c7ccc8c(c7)oc7cc9ccccc9cc78)nc(-c7ccccc7)n6)c5)c4)n3)ccc21.CC1(C)c2ccccc2-c2ccc(-c3nc(-c4cccc(-c5cccc(-c6cc(-c7ccc8c(c7)oc7cc9ccccc9cc78)nc(-c7ccccc7)n6)c5)c4)nc(-c4ccc5c(c4)C(C)(C)c4ccccc4-5)n3)cc21. The van der Waals surface area contributed by atoms with Crippen LogP contribution in [0.15, 0.2) is 446 Å². The van der Waals surface area contributed by atoms with E-state index in [1.54, 1.807) is 0 Å². The lowest BCUT2D eigenvalue weighted by Gasteiger charge is -2.22. The second-order valence-corrected chi connectivity index (χ2v) is 39.8. The number of benzene rings is 19. The summed E-state index contributed by atoms with van der Waals surface area (Å²) in [4.78, 5) is 52.1. The highest BCUT2D eigenvalue weighted by atomic mass is 16.3. The molecule has 0 radical (unpaired) electrons. The van der Waals surface area contributed by atoms with Gasteiger partial charge in [-0.15, -0.1) is 0 Å². The summed E-state index contributed by atoms with van der Waals surface area (Å²) in [6, 6.07) is 153. The first kappa shape index (κ1) is 85.7. The van der Waals surface area contributed by atoms with Crippen LogP contribution in [0.2, 0.25) is 0 Å². The Morgan fingerprint density at radius 2 is 0.393 bits per heavy atom. The Morgan fingerprint density at radius 3 is 0.779 bits per heavy atom. The molecule has 3 aliphatic rings. The molecule has 145 heavy (non-hydrogen) atoms. The fourth-order valence-corrected chi connectivity index (χ4v) is 22.2. The smallest absolute Gasteiger partial charge is 0.164 e. The number of furan rings is 2. The van der Waals surface area contributed by atoms with Crippen molar-refractivity contribution < 1.29 is 8.83 Å². The van der Waals surface area contributed by atoms with Gasteiger partial charge in [0.1, 0.15) is 22.3 Å². The van der Waals surface area contributed by atoms with Crippen molar-refractivity contribution in [1.82, 2.24) is 49.8 Å². The molecule has 6 heterocycles. The first-order chi connectivity index (χ1) is 71.0. The molecule has 0 bridgehead atoms. The summed E-state index contributed by atoms with van der Waals surface area (Å²) in [6.07, 6.45) is 0. The number of hydrogen-bond donors (Lipinski definition) is 0. The highest BCUT2D eigenvalue weighted by molar-refractivity contribution is 6.12. The van der Waals surface area contributed by atoms with Crippen molar-refractivity contribution in [1.29, 1.82) is 0 Å². The Morgan fingerprint density at radius 1 is 0.145 bits per heavy atom. The van der Waals surface area contributed by atoms with Crippen LogP contribution in [-0.2, 0) is 16.2 Å². The van der Waals surface area contributed by atoms with E-state index in [0.29, 0.717) is 46.6 Å². The lowest BCUT2D eigenvalue weighted by atomic mass is 9.82. The molecule has 12 nitrogen and oxygen atoms in total. The molecular formula is C133H90N10O2. The maximum absolute atomic E-state index is 6.53. The fraction of sp³-hybridized carbons (Fsp3) is 0.0677. The molecule has 0 aliphatic heterocycles. The minimum absolute atomic E-state index is 0.0940. The van der Waals surface area contributed by atoms with Crippen molar-refractivity contribution in [3.63, 3.8) is 0 Å². The molecule has 0 N–H and O–H groups in total. The standard InChI is InChI=1S/C71H49N5O.C62H41N5O/c1-70(2)58-26-12-10-24-52(58)54-31-29-50(37-60(54)70)68-74-67(75-69(76-68)51-30-32-55-53-25-11-13-27-59(53)71(3,4)61(55)38-51)49-23-15-21-44(35-49)43-20-14-22-47(34-43)62-41-63(73-66(72-62)42-16-6-5-7-17-42)48-28-33-56-57-36-45-18-8-9-19-46(45)39-65(57)77-64(56)40-48;1-62(2)52-26-12-11-25-48(52)50-34-47(28-30-53(50)62)61-66-59(39-17-7-4-8-18-39)65-60(67-61)46-24-14-22-41(32-46)40-21-13-23-44(31-40)54-37-55(64-58(63-54)38-15-5-3-6-16-38)45-27-29-49-51-33-42-19-9-10-20-43(42)35-57(51)68-56(49)36-45/h5-41H,1-4H3;3-37H,1-2H3. The number of nitrogens with zero attached hydrogens (tertiary/aromatic N) is 10. The number of hydrogen-bond acceptors (Lipinski definition) is 12. The van der Waals surface area contributed by atoms with Crippen LogP contribution in [0.1, 0.15) is 74.9 Å². The predicted octanol–water partition coefficient (Wildman–Crippen LogP) is 33.7. The van der Waals surface area contributed by atoms with Gasteiger partial charge in [-0.1, -0.05) is 375 Å². The largest absolute Gasteiger partial charge is 0.456 e. The van der Waals surface area contributed by atoms with Crippen LogP contribution in [0, 0.1) is 0 Å². The van der Waals surface area contributed by atoms with E-state index in [0.717, 1.165) is 166 Å². The molecular weight excluding hydrogens is 1770 g/mol. The van der Waals surface area contributed by atoms with E-state index in [2.05, 4.69) is 412 Å². The molecule has 0 saturated heterocycles. The first-order valence-corrected chi connectivity index (χ1v) is 49.3. The van der Waals surface area contributed by atoms with Gasteiger partial charge in [-0.05, 0) is 214 Å². The van der Waals surface area contributed by atoms with Crippen molar-refractivity contribution in [3.05, 3.63) is 470 Å². The van der Waals surface area contributed by atoms with Crippen molar-refractivity contribution in [2.24, 2.45) is 0 Å². The molecule has 684 valence electrons. The van der Waals surface area contributed by atoms with Gasteiger partial charge in [0, 0.05) is 105 Å². The summed E-state index contributed by atoms with van der Waals surface area (Å²) >= 11 is 0. The zero-order chi connectivity index (χ0) is 96.9. The van der Waals surface area contributed by atoms with E-state index in [1.807, 2.05) is 66.7 Å². The fourth-order valence-electron chi connectivity index (χ4n) is 22.2. The van der Waals surface area contributed by atoms with Gasteiger partial charge in [0.2, 0.25) is 0 Å². The molecule has 12 heteroatoms. The average molecular weight is 1860 g/mol. The third-order valence-corrected chi connectivity index (χ3v) is 29.8. The minimum atomic E-state index is -0.180. The number of rotatable bonds is 14. The summed E-state index contributed by atoms with van der Waals surface area (Å²) in [5.74, 6) is 5.05. The molecule has 0 spiro atoms. The van der Waals surface area contributed by atoms with Gasteiger partial charge in [-0.3, -0.25) is 0 Å². The second kappa shape index (κ2) is 33.9. The summed E-state index contributed by atoms with van der Waals surface area (Å²) in [6.45, 7) is 13.8. The third-order valence-electron chi connectivity index (χ3n) is 29.8. The van der Waals surface area contributed by atoms with Crippen LogP contribution in [0.5, 0.6) is 0 Å². The Kier molecular flexibility index (Phi) is 20.0. The van der Waals surface area contributed by atoms with Crippen molar-refractivity contribution in [2.75, 3.05) is 0 Å². The van der Waals surface area contributed by atoms with Crippen molar-refractivity contribution >= 4 is 65.4 Å². The van der Waals surface area contributed by atoms with E-state index in [1.165, 1.54) is 77.5 Å². The van der Waals surface area contributed by atoms with E-state index in [-0.39, 0.29) is 16.2 Å². The molecule has 0 atom stereocenters. The van der Waals surface area contributed by atoms with E-state index >= 15 is 0 Å². The third kappa shape index (κ3) is 15.0. The first-order valence-electron chi connectivity index (χ1n) is 49.3. The zero-order valence-electron chi connectivity index (χ0n) is 80.4. The molecule has 0 fully saturated rings. The van der Waals surface area contributed by atoms with Crippen molar-refractivity contribution in [2.45, 2.75) is 57.8 Å². The molecule has 28 rings (SSSR count). The monoisotopic (exact) mass is 1860 g/mol. The van der Waals surface area contributed by atoms with Gasteiger partial charge in [0.15, 0.2) is 46.6 Å². The van der Waals surface area contributed by atoms with Crippen LogP contribution in [0.3, 0.4) is 0 Å². The Labute approximate surface area is 838 Å².